The van der Waals surface area contributed by atoms with E-state index in [0.717, 1.165) is 5.56 Å². The normalized spacial score (nSPS) is 11.4. The van der Waals surface area contributed by atoms with Gasteiger partial charge in [-0.1, -0.05) is 44.2 Å². The summed E-state index contributed by atoms with van der Waals surface area (Å²) in [4.78, 5) is 23.9. The first-order valence-electron chi connectivity index (χ1n) is 8.38. The van der Waals surface area contributed by atoms with Crippen LogP contribution in [0.25, 0.3) is 0 Å². The number of hydrogen-bond donors (Lipinski definition) is 3. The third-order valence-corrected chi connectivity index (χ3v) is 4.13. The van der Waals surface area contributed by atoms with Crippen LogP contribution in [0.3, 0.4) is 0 Å². The summed E-state index contributed by atoms with van der Waals surface area (Å²) in [5.41, 5.74) is 9.28. The minimum atomic E-state index is -0.285. The Bertz CT molecular complexity index is 745. The van der Waals surface area contributed by atoms with Crippen LogP contribution < -0.4 is 16.4 Å². The Balaban J connectivity index is 0.00000338. The molecule has 1 unspecified atom stereocenters. The predicted molar refractivity (Wildman–Crippen MR) is 107 cm³/mol. The molecule has 6 heteroatoms. The molecule has 0 bridgehead atoms. The van der Waals surface area contributed by atoms with Crippen molar-refractivity contribution in [2.45, 2.75) is 25.8 Å². The Morgan fingerprint density at radius 2 is 1.50 bits per heavy atom. The molecule has 0 aliphatic heterocycles. The van der Waals surface area contributed by atoms with Gasteiger partial charge in [-0.05, 0) is 35.2 Å². The highest BCUT2D eigenvalue weighted by molar-refractivity contribution is 5.99. The van der Waals surface area contributed by atoms with Crippen molar-refractivity contribution in [2.75, 3.05) is 13.6 Å². The van der Waals surface area contributed by atoms with Gasteiger partial charge in [-0.2, -0.15) is 0 Å². The summed E-state index contributed by atoms with van der Waals surface area (Å²) in [6.07, 6.45) is 0. The molecular formula is C20H26ClN3O2. The van der Waals surface area contributed by atoms with Crippen molar-refractivity contribution < 1.29 is 9.59 Å². The Morgan fingerprint density at radius 3 is 2.04 bits per heavy atom. The van der Waals surface area contributed by atoms with E-state index in [2.05, 4.69) is 36.6 Å². The van der Waals surface area contributed by atoms with Crippen LogP contribution in [0.5, 0.6) is 0 Å². The van der Waals surface area contributed by atoms with E-state index >= 15 is 0 Å². The molecule has 26 heavy (non-hydrogen) atoms. The first-order valence-corrected chi connectivity index (χ1v) is 8.38. The van der Waals surface area contributed by atoms with E-state index in [1.165, 1.54) is 5.56 Å². The van der Waals surface area contributed by atoms with Crippen molar-refractivity contribution in [1.29, 1.82) is 0 Å². The molecule has 0 spiro atoms. The minimum Gasteiger partial charge on any atom is -0.355 e. The van der Waals surface area contributed by atoms with Gasteiger partial charge in [0.15, 0.2) is 0 Å². The summed E-state index contributed by atoms with van der Waals surface area (Å²) in [5.74, 6) is -0.00540. The summed E-state index contributed by atoms with van der Waals surface area (Å²) < 4.78 is 0. The maximum absolute atomic E-state index is 12.3. The highest BCUT2D eigenvalue weighted by atomic mass is 35.5. The predicted octanol–water partition coefficient (Wildman–Crippen LogP) is 3.02. The number of carbonyl (C=O) groups excluding carboxylic acids is 2. The molecular weight excluding hydrogens is 350 g/mol. The summed E-state index contributed by atoms with van der Waals surface area (Å²) in [5, 5.41) is 5.36. The molecule has 4 N–H and O–H groups in total. The van der Waals surface area contributed by atoms with Gasteiger partial charge in [0.2, 0.25) is 0 Å². The third-order valence-electron chi connectivity index (χ3n) is 4.13. The zero-order valence-electron chi connectivity index (χ0n) is 15.3. The molecule has 0 fully saturated rings. The van der Waals surface area contributed by atoms with E-state index in [4.69, 9.17) is 5.73 Å². The van der Waals surface area contributed by atoms with Gasteiger partial charge in [0.25, 0.3) is 11.8 Å². The first-order chi connectivity index (χ1) is 11.9. The van der Waals surface area contributed by atoms with Crippen molar-refractivity contribution in [3.8, 4) is 0 Å². The lowest BCUT2D eigenvalue weighted by Crippen LogP contribution is -2.32. The lowest BCUT2D eigenvalue weighted by atomic mass is 9.99. The minimum absolute atomic E-state index is 0. The number of benzene rings is 2. The summed E-state index contributed by atoms with van der Waals surface area (Å²) in [6, 6.07) is 14.4. The molecule has 0 saturated heterocycles. The van der Waals surface area contributed by atoms with Crippen LogP contribution in [0.2, 0.25) is 0 Å². The van der Waals surface area contributed by atoms with Gasteiger partial charge >= 0.3 is 0 Å². The van der Waals surface area contributed by atoms with E-state index in [1.807, 2.05) is 12.1 Å². The molecule has 2 amide bonds. The number of nitrogens with one attached hydrogen (secondary N) is 2. The number of halogens is 1. The van der Waals surface area contributed by atoms with Gasteiger partial charge in [-0.25, -0.2) is 0 Å². The lowest BCUT2D eigenvalue weighted by Gasteiger charge is -2.15. The fourth-order valence-electron chi connectivity index (χ4n) is 2.50. The van der Waals surface area contributed by atoms with E-state index in [-0.39, 0.29) is 30.3 Å². The van der Waals surface area contributed by atoms with Crippen LogP contribution >= 0.6 is 12.4 Å². The Kier molecular flexibility index (Phi) is 8.29. The van der Waals surface area contributed by atoms with Crippen molar-refractivity contribution in [3.63, 3.8) is 0 Å². The molecule has 5 nitrogen and oxygen atoms in total. The van der Waals surface area contributed by atoms with Gasteiger partial charge < -0.3 is 16.4 Å². The SMILES string of the molecule is CNC(=O)c1cccc(C(=O)NCC(N)c2ccc(C(C)C)cc2)c1.Cl. The standard InChI is InChI=1S/C20H25N3O2.ClH/c1-13(2)14-7-9-15(10-8-14)18(21)12-23-20(25)17-6-4-5-16(11-17)19(24)22-3;/h4-11,13,18H,12,21H2,1-3H3,(H,22,24)(H,23,25);1H. The fourth-order valence-corrected chi connectivity index (χ4v) is 2.50. The summed E-state index contributed by atoms with van der Waals surface area (Å²) >= 11 is 0. The van der Waals surface area contributed by atoms with E-state index in [1.54, 1.807) is 31.3 Å². The Labute approximate surface area is 160 Å². The van der Waals surface area contributed by atoms with Crippen molar-refractivity contribution in [1.82, 2.24) is 10.6 Å². The largest absolute Gasteiger partial charge is 0.355 e. The number of amides is 2. The molecule has 0 aliphatic rings. The van der Waals surface area contributed by atoms with Crippen molar-refractivity contribution in [3.05, 3.63) is 70.8 Å². The van der Waals surface area contributed by atoms with Gasteiger partial charge in [0.1, 0.15) is 0 Å². The zero-order chi connectivity index (χ0) is 18.4. The van der Waals surface area contributed by atoms with Crippen molar-refractivity contribution in [2.24, 2.45) is 5.73 Å². The highest BCUT2D eigenvalue weighted by Gasteiger charge is 2.12. The number of carbonyl (C=O) groups is 2. The smallest absolute Gasteiger partial charge is 0.251 e. The monoisotopic (exact) mass is 375 g/mol. The van der Waals surface area contributed by atoms with Gasteiger partial charge in [-0.3, -0.25) is 9.59 Å². The highest BCUT2D eigenvalue weighted by Crippen LogP contribution is 2.17. The molecule has 0 heterocycles. The topological polar surface area (TPSA) is 84.2 Å². The molecule has 0 saturated carbocycles. The Hall–Kier alpha value is -2.37. The number of rotatable bonds is 6. The van der Waals surface area contributed by atoms with Crippen LogP contribution in [-0.4, -0.2) is 25.4 Å². The van der Waals surface area contributed by atoms with Gasteiger partial charge in [-0.15, -0.1) is 12.4 Å². The average Bonchev–Trinajstić information content (AvgIpc) is 2.65. The number of nitrogens with two attached hydrogens (primary N) is 1. The van der Waals surface area contributed by atoms with Crippen LogP contribution in [0, 0.1) is 0 Å². The summed E-state index contributed by atoms with van der Waals surface area (Å²) in [6.45, 7) is 4.61. The quantitative estimate of drug-likeness (QED) is 0.725. The molecule has 2 aromatic rings. The second kappa shape index (κ2) is 9.94. The fraction of sp³-hybridized carbons (Fsp3) is 0.300. The van der Waals surface area contributed by atoms with E-state index < -0.39 is 0 Å². The second-order valence-electron chi connectivity index (χ2n) is 6.30. The maximum atomic E-state index is 12.3. The van der Waals surface area contributed by atoms with E-state index in [9.17, 15) is 9.59 Å². The number of hydrogen-bond acceptors (Lipinski definition) is 3. The second-order valence-corrected chi connectivity index (χ2v) is 6.30. The third kappa shape index (κ3) is 5.58. The van der Waals surface area contributed by atoms with Crippen molar-refractivity contribution >= 4 is 24.2 Å². The first kappa shape index (κ1) is 21.7. The lowest BCUT2D eigenvalue weighted by molar-refractivity contribution is 0.0951. The van der Waals surface area contributed by atoms with Crippen LogP contribution in [-0.2, 0) is 0 Å². The zero-order valence-corrected chi connectivity index (χ0v) is 16.1. The Morgan fingerprint density at radius 1 is 0.962 bits per heavy atom. The maximum Gasteiger partial charge on any atom is 0.251 e. The summed E-state index contributed by atoms with van der Waals surface area (Å²) in [7, 11) is 1.55. The molecule has 0 aliphatic carbocycles. The molecule has 0 radical (unpaired) electrons. The molecule has 2 rings (SSSR count). The van der Waals surface area contributed by atoms with Gasteiger partial charge in [0, 0.05) is 30.8 Å². The van der Waals surface area contributed by atoms with Crippen LogP contribution in [0.15, 0.2) is 48.5 Å². The average molecular weight is 376 g/mol. The van der Waals surface area contributed by atoms with Gasteiger partial charge in [0.05, 0.1) is 0 Å². The molecule has 2 aromatic carbocycles. The van der Waals surface area contributed by atoms with Crippen LogP contribution in [0.4, 0.5) is 0 Å². The molecule has 0 aromatic heterocycles. The molecule has 140 valence electrons. The van der Waals surface area contributed by atoms with E-state index in [0.29, 0.717) is 23.6 Å². The molecule has 1 atom stereocenters. The van der Waals surface area contributed by atoms with Crippen LogP contribution in [0.1, 0.15) is 57.7 Å².